The quantitative estimate of drug-likeness (QED) is 0.813. The Labute approximate surface area is 158 Å². The molecule has 7 nitrogen and oxygen atoms in total. The van der Waals surface area contributed by atoms with Gasteiger partial charge in [0.1, 0.15) is 11.8 Å². The van der Waals surface area contributed by atoms with E-state index in [1.165, 1.54) is 12.8 Å². The van der Waals surface area contributed by atoms with E-state index < -0.39 is 0 Å². The Morgan fingerprint density at radius 1 is 1.33 bits per heavy atom. The topological polar surface area (TPSA) is 89.3 Å². The second kappa shape index (κ2) is 7.68. The van der Waals surface area contributed by atoms with Gasteiger partial charge in [-0.1, -0.05) is 17.3 Å². The van der Waals surface area contributed by atoms with Crippen molar-refractivity contribution in [3.8, 4) is 17.1 Å². The van der Waals surface area contributed by atoms with E-state index in [4.69, 9.17) is 9.26 Å². The highest BCUT2D eigenvalue weighted by Gasteiger charge is 2.34. The van der Waals surface area contributed by atoms with Gasteiger partial charge in [-0.3, -0.25) is 4.79 Å². The third-order valence-corrected chi connectivity index (χ3v) is 5.58. The standard InChI is InChI=1S/C20H26N4O3/c1-12(21-18(25)11-13-9-14-7-8-15(10-13)22-14)20-23-19(24-27-20)16-5-3-4-6-17(16)26-2/h3-6,12-15,22H,7-11H2,1-2H3,(H,21,25). The molecular formula is C20H26N4O3. The van der Waals surface area contributed by atoms with E-state index in [0.29, 0.717) is 41.9 Å². The normalized spacial score (nSPS) is 25.2. The Morgan fingerprint density at radius 2 is 2.07 bits per heavy atom. The van der Waals surface area contributed by atoms with Crippen molar-refractivity contribution in [3.05, 3.63) is 30.2 Å². The summed E-state index contributed by atoms with van der Waals surface area (Å²) in [5.74, 6) is 2.05. The summed E-state index contributed by atoms with van der Waals surface area (Å²) < 4.78 is 10.7. The maximum atomic E-state index is 12.5. The smallest absolute Gasteiger partial charge is 0.249 e. The highest BCUT2D eigenvalue weighted by atomic mass is 16.5. The zero-order valence-corrected chi connectivity index (χ0v) is 15.8. The van der Waals surface area contributed by atoms with Gasteiger partial charge in [-0.25, -0.2) is 0 Å². The second-order valence-corrected chi connectivity index (χ2v) is 7.63. The molecule has 3 heterocycles. The van der Waals surface area contributed by atoms with Gasteiger partial charge in [0.25, 0.3) is 0 Å². The van der Waals surface area contributed by atoms with Gasteiger partial charge in [0, 0.05) is 18.5 Å². The lowest BCUT2D eigenvalue weighted by Crippen LogP contribution is -2.40. The monoisotopic (exact) mass is 370 g/mol. The molecule has 1 aromatic carbocycles. The zero-order valence-electron chi connectivity index (χ0n) is 15.8. The largest absolute Gasteiger partial charge is 0.496 e. The van der Waals surface area contributed by atoms with Crippen LogP contribution in [0.2, 0.25) is 0 Å². The maximum Gasteiger partial charge on any atom is 0.249 e. The summed E-state index contributed by atoms with van der Waals surface area (Å²) >= 11 is 0. The van der Waals surface area contributed by atoms with Crippen molar-refractivity contribution in [2.45, 2.75) is 57.2 Å². The van der Waals surface area contributed by atoms with Crippen molar-refractivity contribution in [1.29, 1.82) is 0 Å². The minimum atomic E-state index is -0.327. The van der Waals surface area contributed by atoms with Crippen LogP contribution in [0.3, 0.4) is 0 Å². The maximum absolute atomic E-state index is 12.5. The summed E-state index contributed by atoms with van der Waals surface area (Å²) in [6.45, 7) is 1.86. The number of carbonyl (C=O) groups is 1. The summed E-state index contributed by atoms with van der Waals surface area (Å²) in [4.78, 5) is 16.9. The highest BCUT2D eigenvalue weighted by Crippen LogP contribution is 2.33. The average molecular weight is 370 g/mol. The molecule has 2 saturated heterocycles. The lowest BCUT2D eigenvalue weighted by atomic mass is 9.89. The summed E-state index contributed by atoms with van der Waals surface area (Å²) in [5, 5.41) is 10.7. The fraction of sp³-hybridized carbons (Fsp3) is 0.550. The van der Waals surface area contributed by atoms with Gasteiger partial charge < -0.3 is 19.9 Å². The number of benzene rings is 1. The molecule has 0 spiro atoms. The first-order valence-electron chi connectivity index (χ1n) is 9.64. The number of hydrogen-bond donors (Lipinski definition) is 2. The van der Waals surface area contributed by atoms with Gasteiger partial charge in [0.05, 0.1) is 12.7 Å². The molecule has 1 amide bonds. The van der Waals surface area contributed by atoms with Crippen LogP contribution in [0.4, 0.5) is 0 Å². The van der Waals surface area contributed by atoms with E-state index in [-0.39, 0.29) is 11.9 Å². The molecule has 2 N–H and O–H groups in total. The third-order valence-electron chi connectivity index (χ3n) is 5.58. The van der Waals surface area contributed by atoms with E-state index in [2.05, 4.69) is 20.8 Å². The van der Waals surface area contributed by atoms with Crippen LogP contribution in [-0.2, 0) is 4.79 Å². The van der Waals surface area contributed by atoms with Crippen molar-refractivity contribution in [3.63, 3.8) is 0 Å². The molecule has 0 radical (unpaired) electrons. The van der Waals surface area contributed by atoms with E-state index >= 15 is 0 Å². The number of carbonyl (C=O) groups excluding carboxylic acids is 1. The van der Waals surface area contributed by atoms with E-state index in [0.717, 1.165) is 18.4 Å². The number of nitrogens with zero attached hydrogens (tertiary/aromatic N) is 2. The zero-order chi connectivity index (χ0) is 18.8. The van der Waals surface area contributed by atoms with Crippen LogP contribution < -0.4 is 15.4 Å². The molecule has 3 atom stereocenters. The predicted octanol–water partition coefficient (Wildman–Crippen LogP) is 2.84. The molecule has 2 aromatic rings. The molecular weight excluding hydrogens is 344 g/mol. The number of rotatable bonds is 6. The molecule has 7 heteroatoms. The lowest BCUT2D eigenvalue weighted by Gasteiger charge is -2.28. The van der Waals surface area contributed by atoms with Crippen LogP contribution in [-0.4, -0.2) is 35.2 Å². The van der Waals surface area contributed by atoms with Crippen LogP contribution in [0.25, 0.3) is 11.4 Å². The van der Waals surface area contributed by atoms with Gasteiger partial charge in [0.2, 0.25) is 17.6 Å². The second-order valence-electron chi connectivity index (χ2n) is 7.63. The number of aromatic nitrogens is 2. The number of para-hydroxylation sites is 1. The van der Waals surface area contributed by atoms with Gasteiger partial charge >= 0.3 is 0 Å². The molecule has 2 fully saturated rings. The summed E-state index contributed by atoms with van der Waals surface area (Å²) in [5.41, 5.74) is 0.763. The van der Waals surface area contributed by atoms with Gasteiger partial charge in [0.15, 0.2) is 0 Å². The molecule has 27 heavy (non-hydrogen) atoms. The fourth-order valence-corrected chi connectivity index (χ4v) is 4.32. The molecule has 3 unspecified atom stereocenters. The fourth-order valence-electron chi connectivity index (χ4n) is 4.32. The van der Waals surface area contributed by atoms with E-state index in [1.54, 1.807) is 7.11 Å². The molecule has 2 aliphatic rings. The molecule has 1 aromatic heterocycles. The third kappa shape index (κ3) is 3.98. The average Bonchev–Trinajstić information content (AvgIpc) is 3.28. The predicted molar refractivity (Wildman–Crippen MR) is 100 cm³/mol. The number of fused-ring (bicyclic) bond motifs is 2. The first kappa shape index (κ1) is 18.0. The van der Waals surface area contributed by atoms with Crippen LogP contribution in [0.5, 0.6) is 5.75 Å². The molecule has 2 aliphatic heterocycles. The Hall–Kier alpha value is -2.41. The van der Waals surface area contributed by atoms with Gasteiger partial charge in [-0.05, 0) is 50.7 Å². The first-order chi connectivity index (χ1) is 13.1. The van der Waals surface area contributed by atoms with E-state index in [9.17, 15) is 4.79 Å². The number of piperidine rings is 1. The number of hydrogen-bond acceptors (Lipinski definition) is 6. The van der Waals surface area contributed by atoms with Crippen molar-refractivity contribution in [1.82, 2.24) is 20.8 Å². The van der Waals surface area contributed by atoms with Crippen molar-refractivity contribution in [2.75, 3.05) is 7.11 Å². The van der Waals surface area contributed by atoms with Crippen LogP contribution >= 0.6 is 0 Å². The summed E-state index contributed by atoms with van der Waals surface area (Å²) in [7, 11) is 1.61. The minimum absolute atomic E-state index is 0.0471. The molecule has 0 aliphatic carbocycles. The molecule has 0 saturated carbocycles. The van der Waals surface area contributed by atoms with E-state index in [1.807, 2.05) is 31.2 Å². The minimum Gasteiger partial charge on any atom is -0.496 e. The number of amides is 1. The highest BCUT2D eigenvalue weighted by molar-refractivity contribution is 5.76. The Balaban J connectivity index is 1.36. The SMILES string of the molecule is COc1ccccc1-c1noc(C(C)NC(=O)CC2CC3CCC(C2)N3)n1. The molecule has 144 valence electrons. The molecule has 4 rings (SSSR count). The van der Waals surface area contributed by atoms with Gasteiger partial charge in [-0.2, -0.15) is 4.98 Å². The van der Waals surface area contributed by atoms with Crippen LogP contribution in [0.1, 0.15) is 51.0 Å². The van der Waals surface area contributed by atoms with Crippen LogP contribution in [0, 0.1) is 5.92 Å². The molecule has 2 bridgehead atoms. The summed E-state index contributed by atoms with van der Waals surface area (Å²) in [6.07, 6.45) is 5.24. The first-order valence-corrected chi connectivity index (χ1v) is 9.64. The van der Waals surface area contributed by atoms with Gasteiger partial charge in [-0.15, -0.1) is 0 Å². The Bertz CT molecular complexity index is 794. The van der Waals surface area contributed by atoms with Crippen molar-refractivity contribution >= 4 is 5.91 Å². The Morgan fingerprint density at radius 3 is 2.81 bits per heavy atom. The van der Waals surface area contributed by atoms with Crippen molar-refractivity contribution < 1.29 is 14.1 Å². The van der Waals surface area contributed by atoms with Crippen molar-refractivity contribution in [2.24, 2.45) is 5.92 Å². The lowest BCUT2D eigenvalue weighted by molar-refractivity contribution is -0.123. The van der Waals surface area contributed by atoms with Crippen LogP contribution in [0.15, 0.2) is 28.8 Å². The Kier molecular flexibility index (Phi) is 5.11. The number of methoxy groups -OCH3 is 1. The summed E-state index contributed by atoms with van der Waals surface area (Å²) in [6, 6.07) is 8.37. The number of nitrogens with one attached hydrogen (secondary N) is 2. The number of ether oxygens (including phenoxy) is 1.